The molecule has 1 nitrogen and oxygen atoms in total. The van der Waals surface area contributed by atoms with E-state index in [0.29, 0.717) is 10.8 Å². The molecule has 3 rings (SSSR count). The highest BCUT2D eigenvalue weighted by Gasteiger charge is 2.68. The maximum atomic E-state index is 5.94. The van der Waals surface area contributed by atoms with Crippen LogP contribution in [0.2, 0.25) is 0 Å². The van der Waals surface area contributed by atoms with Gasteiger partial charge < -0.3 is 4.74 Å². The van der Waals surface area contributed by atoms with Crippen molar-refractivity contribution in [1.29, 1.82) is 0 Å². The molecule has 3 fully saturated rings. The van der Waals surface area contributed by atoms with Crippen molar-refractivity contribution in [3.63, 3.8) is 0 Å². The number of ether oxygens (including phenoxy) is 1. The van der Waals surface area contributed by atoms with Crippen LogP contribution < -0.4 is 0 Å². The number of hydrogen-bond donors (Lipinski definition) is 0. The predicted molar refractivity (Wildman–Crippen MR) is 70.9 cm³/mol. The van der Waals surface area contributed by atoms with Crippen molar-refractivity contribution in [3.8, 4) is 0 Å². The highest BCUT2D eigenvalue weighted by molar-refractivity contribution is 5.17. The summed E-state index contributed by atoms with van der Waals surface area (Å²) in [6, 6.07) is 0. The van der Waals surface area contributed by atoms with E-state index in [1.165, 1.54) is 32.1 Å². The van der Waals surface area contributed by atoms with Crippen LogP contribution in [-0.2, 0) is 4.74 Å². The maximum Gasteiger partial charge on any atom is 0.0684 e. The molecule has 0 amide bonds. The van der Waals surface area contributed by atoms with Gasteiger partial charge in [-0.3, -0.25) is 0 Å². The summed E-state index contributed by atoms with van der Waals surface area (Å²) >= 11 is 0. The lowest BCUT2D eigenvalue weighted by molar-refractivity contribution is -0.100. The molecule has 0 radical (unpaired) electrons. The van der Waals surface area contributed by atoms with E-state index in [1.807, 2.05) is 7.11 Å². The average Bonchev–Trinajstić information content (AvgIpc) is 2.70. The fraction of sp³-hybridized carbons (Fsp3) is 1.00. The molecule has 2 bridgehead atoms. The molecule has 0 aromatic heterocycles. The first-order valence-electron chi connectivity index (χ1n) is 7.42. The topological polar surface area (TPSA) is 9.23 Å². The van der Waals surface area contributed by atoms with Gasteiger partial charge in [-0.1, -0.05) is 20.8 Å². The zero-order valence-electron chi connectivity index (χ0n) is 12.2. The molecule has 0 N–H and O–H groups in total. The molecular formula is C16H28O. The molecule has 0 aromatic carbocycles. The fourth-order valence-corrected chi connectivity index (χ4v) is 6.10. The van der Waals surface area contributed by atoms with Gasteiger partial charge >= 0.3 is 0 Å². The van der Waals surface area contributed by atoms with Crippen molar-refractivity contribution in [2.45, 2.75) is 65.4 Å². The lowest BCUT2D eigenvalue weighted by atomic mass is 9.64. The Hall–Kier alpha value is -0.0400. The molecule has 0 saturated heterocycles. The second-order valence-electron chi connectivity index (χ2n) is 7.86. The van der Waals surface area contributed by atoms with Crippen LogP contribution in [0.4, 0.5) is 0 Å². The SMILES string of the molecule is CO[C@@]1(C)CCC23C[C@H]1C(C)(C)C2CC[C@H]3C. The third kappa shape index (κ3) is 1.25. The largest absolute Gasteiger partial charge is 0.378 e. The Labute approximate surface area is 106 Å². The average molecular weight is 236 g/mol. The molecule has 3 aliphatic rings. The van der Waals surface area contributed by atoms with Crippen LogP contribution in [0.15, 0.2) is 0 Å². The summed E-state index contributed by atoms with van der Waals surface area (Å²) in [6.07, 6.45) is 7.03. The van der Waals surface area contributed by atoms with E-state index < -0.39 is 0 Å². The van der Waals surface area contributed by atoms with E-state index in [4.69, 9.17) is 4.74 Å². The Kier molecular flexibility index (Phi) is 2.32. The summed E-state index contributed by atoms with van der Waals surface area (Å²) < 4.78 is 5.94. The molecule has 98 valence electrons. The minimum atomic E-state index is 0.138. The van der Waals surface area contributed by atoms with E-state index in [1.54, 1.807) is 0 Å². The van der Waals surface area contributed by atoms with Gasteiger partial charge in [-0.25, -0.2) is 0 Å². The number of hydrogen-bond acceptors (Lipinski definition) is 1. The van der Waals surface area contributed by atoms with Crippen LogP contribution in [-0.4, -0.2) is 12.7 Å². The Morgan fingerprint density at radius 1 is 1.00 bits per heavy atom. The monoisotopic (exact) mass is 236 g/mol. The van der Waals surface area contributed by atoms with Crippen molar-refractivity contribution in [1.82, 2.24) is 0 Å². The Morgan fingerprint density at radius 3 is 2.35 bits per heavy atom. The lowest BCUT2D eigenvalue weighted by Crippen LogP contribution is -2.45. The van der Waals surface area contributed by atoms with Gasteiger partial charge in [0.1, 0.15) is 0 Å². The molecule has 17 heavy (non-hydrogen) atoms. The molecular weight excluding hydrogens is 208 g/mol. The highest BCUT2D eigenvalue weighted by Crippen LogP contribution is 2.73. The van der Waals surface area contributed by atoms with E-state index in [2.05, 4.69) is 27.7 Å². The van der Waals surface area contributed by atoms with E-state index in [-0.39, 0.29) is 5.60 Å². The van der Waals surface area contributed by atoms with Crippen molar-refractivity contribution < 1.29 is 4.74 Å². The van der Waals surface area contributed by atoms with Gasteiger partial charge in [0.25, 0.3) is 0 Å². The van der Waals surface area contributed by atoms with Crippen LogP contribution in [0, 0.1) is 28.6 Å². The van der Waals surface area contributed by atoms with Crippen LogP contribution >= 0.6 is 0 Å². The zero-order chi connectivity index (χ0) is 12.5. The number of fused-ring (bicyclic) bond motifs is 1. The van der Waals surface area contributed by atoms with Gasteiger partial charge in [-0.2, -0.15) is 0 Å². The first-order valence-corrected chi connectivity index (χ1v) is 7.42. The second kappa shape index (κ2) is 3.29. The molecule has 5 atom stereocenters. The molecule has 3 aliphatic carbocycles. The minimum Gasteiger partial charge on any atom is -0.378 e. The molecule has 1 heteroatoms. The molecule has 2 unspecified atom stereocenters. The maximum absolute atomic E-state index is 5.94. The Morgan fingerprint density at radius 2 is 1.71 bits per heavy atom. The van der Waals surface area contributed by atoms with Gasteiger partial charge in [-0.15, -0.1) is 0 Å². The Balaban J connectivity index is 2.04. The van der Waals surface area contributed by atoms with Crippen LogP contribution in [0.1, 0.15) is 59.8 Å². The summed E-state index contributed by atoms with van der Waals surface area (Å²) in [4.78, 5) is 0. The third-order valence-electron chi connectivity index (χ3n) is 7.23. The summed E-state index contributed by atoms with van der Waals surface area (Å²) in [5.41, 5.74) is 1.29. The summed E-state index contributed by atoms with van der Waals surface area (Å²) in [5.74, 6) is 2.66. The second-order valence-corrected chi connectivity index (χ2v) is 7.86. The summed E-state index contributed by atoms with van der Waals surface area (Å²) in [7, 11) is 1.92. The zero-order valence-corrected chi connectivity index (χ0v) is 12.2. The predicted octanol–water partition coefficient (Wildman–Crippen LogP) is 4.26. The summed E-state index contributed by atoms with van der Waals surface area (Å²) in [6.45, 7) is 9.90. The van der Waals surface area contributed by atoms with E-state index in [9.17, 15) is 0 Å². The van der Waals surface area contributed by atoms with Gasteiger partial charge in [0.15, 0.2) is 0 Å². The van der Waals surface area contributed by atoms with Gasteiger partial charge in [0, 0.05) is 7.11 Å². The molecule has 3 saturated carbocycles. The smallest absolute Gasteiger partial charge is 0.0684 e. The first kappa shape index (κ1) is 12.0. The quantitative estimate of drug-likeness (QED) is 0.661. The van der Waals surface area contributed by atoms with Gasteiger partial charge in [-0.05, 0) is 67.6 Å². The molecule has 0 aromatic rings. The lowest BCUT2D eigenvalue weighted by Gasteiger charge is -2.46. The van der Waals surface area contributed by atoms with Crippen molar-refractivity contribution in [2.75, 3.05) is 7.11 Å². The van der Waals surface area contributed by atoms with Gasteiger partial charge in [0.2, 0.25) is 0 Å². The van der Waals surface area contributed by atoms with E-state index in [0.717, 1.165) is 17.8 Å². The molecule has 0 aliphatic heterocycles. The molecule has 1 spiro atoms. The van der Waals surface area contributed by atoms with Crippen molar-refractivity contribution >= 4 is 0 Å². The van der Waals surface area contributed by atoms with E-state index >= 15 is 0 Å². The number of methoxy groups -OCH3 is 1. The highest BCUT2D eigenvalue weighted by atomic mass is 16.5. The normalized spacial score (nSPS) is 55.9. The van der Waals surface area contributed by atoms with Crippen molar-refractivity contribution in [2.24, 2.45) is 28.6 Å². The Bertz CT molecular complexity index is 334. The summed E-state index contributed by atoms with van der Waals surface area (Å²) in [5, 5.41) is 0. The molecule has 0 heterocycles. The van der Waals surface area contributed by atoms with Crippen molar-refractivity contribution in [3.05, 3.63) is 0 Å². The fourth-order valence-electron chi connectivity index (χ4n) is 6.10. The minimum absolute atomic E-state index is 0.138. The number of rotatable bonds is 1. The van der Waals surface area contributed by atoms with Crippen LogP contribution in [0.3, 0.4) is 0 Å². The first-order chi connectivity index (χ1) is 7.87. The van der Waals surface area contributed by atoms with Crippen LogP contribution in [0.5, 0.6) is 0 Å². The van der Waals surface area contributed by atoms with Gasteiger partial charge in [0.05, 0.1) is 5.60 Å². The third-order valence-corrected chi connectivity index (χ3v) is 7.23. The van der Waals surface area contributed by atoms with Crippen LogP contribution in [0.25, 0.3) is 0 Å². The standard InChI is InChI=1S/C16H28O/c1-11-6-7-12-14(2,3)13-10-16(11,12)9-8-15(13,4)17-5/h11-13H,6-10H2,1-5H3/t11-,12?,13+,15+,16?/m1/s1.